The van der Waals surface area contributed by atoms with E-state index >= 15 is 0 Å². The molecule has 0 bridgehead atoms. The first kappa shape index (κ1) is 40.5. The molecular weight excluding hydrogens is 807 g/mol. The number of fused-ring (bicyclic) bond motifs is 7. The van der Waals surface area contributed by atoms with Crippen molar-refractivity contribution in [3.05, 3.63) is 310 Å². The first-order chi connectivity index (χ1) is 32.9. The molecule has 0 saturated carbocycles. The Morgan fingerprint density at radius 2 is 0.791 bits per heavy atom. The van der Waals surface area contributed by atoms with Crippen LogP contribution in [0.3, 0.4) is 0 Å². The monoisotopic (exact) mass is 857 g/mol. The highest BCUT2D eigenvalue weighted by Gasteiger charge is 2.50. The fourth-order valence-corrected chi connectivity index (χ4v) is 12.4. The van der Waals surface area contributed by atoms with Crippen LogP contribution < -0.4 is 4.90 Å². The number of benzene rings is 9. The zero-order valence-corrected chi connectivity index (χ0v) is 38.2. The predicted molar refractivity (Wildman–Crippen MR) is 281 cm³/mol. The second kappa shape index (κ2) is 15.6. The van der Waals surface area contributed by atoms with E-state index in [2.05, 4.69) is 269 Å². The van der Waals surface area contributed by atoms with Crippen LogP contribution >= 0.6 is 0 Å². The first-order valence-corrected chi connectivity index (χ1v) is 23.5. The molecule has 0 saturated heterocycles. The fourth-order valence-electron chi connectivity index (χ4n) is 12.4. The predicted octanol–water partition coefficient (Wildman–Crippen LogP) is 16.7. The molecule has 0 atom stereocenters. The number of allylic oxidation sites excluding steroid dienone is 5. The molecule has 67 heavy (non-hydrogen) atoms. The molecule has 320 valence electrons. The van der Waals surface area contributed by atoms with Crippen molar-refractivity contribution in [3.8, 4) is 22.3 Å². The Hall–Kier alpha value is -8.00. The minimum absolute atomic E-state index is 0.160. The van der Waals surface area contributed by atoms with Crippen molar-refractivity contribution in [1.82, 2.24) is 0 Å². The smallest absolute Gasteiger partial charge is 0.0713 e. The Balaban J connectivity index is 1.08. The van der Waals surface area contributed by atoms with E-state index in [1.807, 2.05) is 6.08 Å². The minimum Gasteiger partial charge on any atom is -0.310 e. The third kappa shape index (κ3) is 5.81. The zero-order valence-electron chi connectivity index (χ0n) is 38.2. The van der Waals surface area contributed by atoms with Crippen LogP contribution in [0.5, 0.6) is 0 Å². The van der Waals surface area contributed by atoms with Crippen molar-refractivity contribution in [2.75, 3.05) is 4.90 Å². The highest BCUT2D eigenvalue weighted by atomic mass is 15.1. The Morgan fingerprint density at radius 1 is 0.373 bits per heavy atom. The molecule has 0 aromatic heterocycles. The van der Waals surface area contributed by atoms with Crippen LogP contribution in [0.25, 0.3) is 27.8 Å². The summed E-state index contributed by atoms with van der Waals surface area (Å²) in [4.78, 5) is 2.41. The summed E-state index contributed by atoms with van der Waals surface area (Å²) in [7, 11) is 0. The first-order valence-electron chi connectivity index (χ1n) is 23.5. The van der Waals surface area contributed by atoms with E-state index in [9.17, 15) is 0 Å². The minimum atomic E-state index is -0.609. The van der Waals surface area contributed by atoms with Gasteiger partial charge in [-0.05, 0) is 132 Å². The molecule has 0 unspecified atom stereocenters. The third-order valence-corrected chi connectivity index (χ3v) is 15.2. The molecule has 1 heteroatoms. The summed E-state index contributed by atoms with van der Waals surface area (Å²) in [6, 6.07) is 84.2. The van der Waals surface area contributed by atoms with Gasteiger partial charge in [-0.2, -0.15) is 0 Å². The van der Waals surface area contributed by atoms with Crippen molar-refractivity contribution in [3.63, 3.8) is 0 Å². The van der Waals surface area contributed by atoms with Gasteiger partial charge in [0.05, 0.1) is 10.8 Å². The van der Waals surface area contributed by atoms with E-state index in [0.29, 0.717) is 0 Å². The lowest BCUT2D eigenvalue weighted by atomic mass is 9.64. The summed E-state index contributed by atoms with van der Waals surface area (Å²) < 4.78 is 0. The van der Waals surface area contributed by atoms with Gasteiger partial charge in [0, 0.05) is 22.5 Å². The topological polar surface area (TPSA) is 3.24 Å². The SMILES string of the molecule is C=C/C=C\C1=C(C)c2ccc(N(c3ccccc3)c3ccc(C4(c5ccc6c(c5)C(c5ccccc5)(c5ccccc5)c5ccccc5-6)c5ccccc5-c5ccccc54)cc3)cc2C1(C)C. The van der Waals surface area contributed by atoms with Crippen LogP contribution in [0.15, 0.2) is 255 Å². The molecule has 12 rings (SSSR count). The van der Waals surface area contributed by atoms with Gasteiger partial charge < -0.3 is 4.90 Å². The molecule has 9 aromatic rings. The molecular formula is C66H51N. The number of para-hydroxylation sites is 1. The summed E-state index contributed by atoms with van der Waals surface area (Å²) in [5.74, 6) is 0. The second-order valence-corrected chi connectivity index (χ2v) is 18.8. The highest BCUT2D eigenvalue weighted by Crippen LogP contribution is 2.61. The average molecular weight is 858 g/mol. The van der Waals surface area contributed by atoms with Gasteiger partial charge >= 0.3 is 0 Å². The van der Waals surface area contributed by atoms with Gasteiger partial charge in [0.2, 0.25) is 0 Å². The summed E-state index contributed by atoms with van der Waals surface area (Å²) >= 11 is 0. The van der Waals surface area contributed by atoms with E-state index < -0.39 is 10.8 Å². The number of hydrogen-bond acceptors (Lipinski definition) is 1. The van der Waals surface area contributed by atoms with Gasteiger partial charge in [-0.15, -0.1) is 0 Å². The molecule has 0 amide bonds. The summed E-state index contributed by atoms with van der Waals surface area (Å²) in [5.41, 5.74) is 22.7. The number of nitrogens with zero attached hydrogens (tertiary/aromatic N) is 1. The molecule has 0 spiro atoms. The summed E-state index contributed by atoms with van der Waals surface area (Å²) in [6.45, 7) is 10.9. The lowest BCUT2D eigenvalue weighted by Crippen LogP contribution is -2.31. The Labute approximate surface area is 395 Å². The van der Waals surface area contributed by atoms with Gasteiger partial charge in [0.25, 0.3) is 0 Å². The number of hydrogen-bond donors (Lipinski definition) is 0. The van der Waals surface area contributed by atoms with Gasteiger partial charge in [-0.1, -0.05) is 227 Å². The summed E-state index contributed by atoms with van der Waals surface area (Å²) in [5, 5.41) is 0. The van der Waals surface area contributed by atoms with Crippen LogP contribution in [0.2, 0.25) is 0 Å². The largest absolute Gasteiger partial charge is 0.310 e. The number of rotatable bonds is 9. The Morgan fingerprint density at radius 3 is 1.34 bits per heavy atom. The molecule has 3 aliphatic rings. The molecule has 0 heterocycles. The van der Waals surface area contributed by atoms with E-state index in [1.54, 1.807) is 0 Å². The third-order valence-electron chi connectivity index (χ3n) is 15.2. The van der Waals surface area contributed by atoms with E-state index in [4.69, 9.17) is 0 Å². The quantitative estimate of drug-likeness (QED) is 0.131. The maximum absolute atomic E-state index is 3.96. The van der Waals surface area contributed by atoms with Crippen molar-refractivity contribution in [2.45, 2.75) is 37.0 Å². The normalized spacial score (nSPS) is 15.4. The van der Waals surface area contributed by atoms with E-state index in [0.717, 1.165) is 17.1 Å². The lowest BCUT2D eigenvalue weighted by molar-refractivity contribution is 0.654. The maximum atomic E-state index is 3.96. The molecule has 0 aliphatic heterocycles. The van der Waals surface area contributed by atoms with Gasteiger partial charge in [-0.25, -0.2) is 0 Å². The van der Waals surface area contributed by atoms with Gasteiger partial charge in [0.1, 0.15) is 0 Å². The fraction of sp³-hybridized carbons (Fsp3) is 0.0909. The van der Waals surface area contributed by atoms with Crippen molar-refractivity contribution in [1.29, 1.82) is 0 Å². The number of anilines is 3. The van der Waals surface area contributed by atoms with Gasteiger partial charge in [-0.3, -0.25) is 0 Å². The average Bonchev–Trinajstić information content (AvgIpc) is 3.92. The Kier molecular flexibility index (Phi) is 9.42. The molecule has 3 aliphatic carbocycles. The maximum Gasteiger partial charge on any atom is 0.0713 e. The van der Waals surface area contributed by atoms with Crippen LogP contribution in [0, 0.1) is 0 Å². The van der Waals surface area contributed by atoms with Crippen LogP contribution in [0.1, 0.15) is 76.4 Å². The zero-order chi connectivity index (χ0) is 45.3. The molecule has 1 nitrogen and oxygen atoms in total. The van der Waals surface area contributed by atoms with Crippen molar-refractivity contribution < 1.29 is 0 Å². The lowest BCUT2D eigenvalue weighted by Gasteiger charge is -2.37. The molecule has 0 N–H and O–H groups in total. The van der Waals surface area contributed by atoms with Crippen molar-refractivity contribution in [2.24, 2.45) is 0 Å². The summed E-state index contributed by atoms with van der Waals surface area (Å²) in [6.07, 6.45) is 6.16. The molecule has 9 aromatic carbocycles. The standard InChI is InChI=1S/C66H51N/c1-5-6-31-58-45(2)53-42-40-52(44-62(53)64(58,3)4)67(50-26-14-9-15-27-50)51-38-35-48(36-39-51)66(60-33-20-16-28-54(60)55-29-17-21-34-61(55)66)49-37-41-57-56-30-18-19-32-59(56)65(63(57)43-49,46-22-10-7-11-23-46)47-24-12-8-13-25-47/h5-44H,1H2,2-4H3/b31-6-. The Bertz CT molecular complexity index is 3360. The van der Waals surface area contributed by atoms with Gasteiger partial charge in [0.15, 0.2) is 0 Å². The van der Waals surface area contributed by atoms with Crippen LogP contribution in [-0.4, -0.2) is 0 Å². The van der Waals surface area contributed by atoms with E-state index in [1.165, 1.54) is 89.0 Å². The van der Waals surface area contributed by atoms with E-state index in [-0.39, 0.29) is 5.41 Å². The van der Waals surface area contributed by atoms with Crippen LogP contribution in [-0.2, 0) is 16.2 Å². The van der Waals surface area contributed by atoms with Crippen molar-refractivity contribution >= 4 is 22.6 Å². The second-order valence-electron chi connectivity index (χ2n) is 18.8. The molecule has 0 fully saturated rings. The highest BCUT2D eigenvalue weighted by molar-refractivity contribution is 5.91. The van der Waals surface area contributed by atoms with Crippen LogP contribution in [0.4, 0.5) is 17.1 Å². The molecule has 0 radical (unpaired) electrons.